The van der Waals surface area contributed by atoms with Gasteiger partial charge in [0.2, 0.25) is 42.4 Å². The van der Waals surface area contributed by atoms with Crippen LogP contribution in [-0.4, -0.2) is 95.7 Å². The van der Waals surface area contributed by atoms with Crippen molar-refractivity contribution in [3.63, 3.8) is 0 Å². The summed E-state index contributed by atoms with van der Waals surface area (Å²) in [6, 6.07) is 35.7. The zero-order valence-corrected chi connectivity index (χ0v) is 62.6. The first-order valence-corrected chi connectivity index (χ1v) is 35.0. The second kappa shape index (κ2) is 38.5. The fraction of sp³-hybridized carbons (Fsp3) is 0.229. The summed E-state index contributed by atoms with van der Waals surface area (Å²) in [6.07, 6.45) is -12.5. The van der Waals surface area contributed by atoms with Crippen LogP contribution >= 0.6 is 0 Å². The van der Waals surface area contributed by atoms with E-state index in [0.29, 0.717) is 80.6 Å². The van der Waals surface area contributed by atoms with E-state index in [1.165, 1.54) is 100 Å². The first-order valence-electron chi connectivity index (χ1n) is 33.6. The molecule has 0 atom stereocenters. The molecule has 0 N–H and O–H groups in total. The summed E-state index contributed by atoms with van der Waals surface area (Å²) in [7, 11) is -3.95. The van der Waals surface area contributed by atoms with Crippen LogP contribution in [0.15, 0.2) is 228 Å². The van der Waals surface area contributed by atoms with Gasteiger partial charge in [0, 0.05) is 22.3 Å². The lowest BCUT2D eigenvalue weighted by Gasteiger charge is -2.38. The third-order valence-electron chi connectivity index (χ3n) is 16.3. The number of benzene rings is 8. The first-order chi connectivity index (χ1) is 52.7. The van der Waals surface area contributed by atoms with Crippen LogP contribution in [0.2, 0.25) is 0 Å². The van der Waals surface area contributed by atoms with Crippen LogP contribution < -0.4 is 37.9 Å². The highest BCUT2D eigenvalue weighted by Gasteiger charge is 2.72. The van der Waals surface area contributed by atoms with Crippen LogP contribution in [-0.2, 0) is 98.2 Å². The molecule has 0 bridgehead atoms. The molecule has 8 rings (SSSR count). The maximum absolute atomic E-state index is 14.8. The van der Waals surface area contributed by atoms with Crippen molar-refractivity contribution in [1.82, 2.24) is 0 Å². The number of rotatable bonds is 32. The third-order valence-corrected chi connectivity index (χ3v) is 18.1. The minimum atomic E-state index is -5.92. The van der Waals surface area contributed by atoms with Crippen molar-refractivity contribution < 1.29 is 130 Å². The Hall–Kier alpha value is -12.8. The number of alkyl halides is 6. The van der Waals surface area contributed by atoms with Gasteiger partial charge in [-0.3, -0.25) is 19.2 Å². The van der Waals surface area contributed by atoms with Crippen LogP contribution in [0.3, 0.4) is 0 Å². The lowest BCUT2D eigenvalue weighted by Crippen LogP contribution is -2.54. The summed E-state index contributed by atoms with van der Waals surface area (Å²) in [6.45, 7) is 25.5. The summed E-state index contributed by atoms with van der Waals surface area (Å²) in [5, 5.41) is 0. The highest BCUT2D eigenvalue weighted by Crippen LogP contribution is 2.56. The van der Waals surface area contributed by atoms with Crippen LogP contribution in [0.5, 0.6) is 46.0 Å². The molecule has 588 valence electrons. The molecule has 0 aliphatic heterocycles. The molecule has 8 aromatic rings. The van der Waals surface area contributed by atoms with E-state index >= 15 is 0 Å². The normalized spacial score (nSPS) is 11.2. The van der Waals surface area contributed by atoms with Gasteiger partial charge in [-0.1, -0.05) is 74.8 Å². The van der Waals surface area contributed by atoms with Crippen molar-refractivity contribution in [3.05, 3.63) is 274 Å². The lowest BCUT2D eigenvalue weighted by molar-refractivity contribution is -0.288. The van der Waals surface area contributed by atoms with E-state index in [-0.39, 0.29) is 108 Å². The number of sulfone groups is 1. The smallest absolute Gasteiger partial charge is 0.411 e. The Morgan fingerprint density at radius 3 is 0.696 bits per heavy atom. The zero-order chi connectivity index (χ0) is 82.4. The van der Waals surface area contributed by atoms with Gasteiger partial charge in [-0.05, 0) is 232 Å². The Bertz CT molecular complexity index is 4670. The molecule has 0 aliphatic carbocycles. The van der Waals surface area contributed by atoms with Crippen molar-refractivity contribution in [2.45, 2.75) is 109 Å². The average molecular weight is 1570 g/mol. The number of esters is 8. The van der Waals surface area contributed by atoms with Gasteiger partial charge >= 0.3 is 60.1 Å². The molecule has 0 saturated carbocycles. The molecule has 0 saturated heterocycles. The number of aryl methyl sites for hydroxylation is 4. The molecule has 0 unspecified atom stereocenters. The first kappa shape index (κ1) is 86.4. The van der Waals surface area contributed by atoms with E-state index < -0.39 is 86.5 Å². The molecule has 0 heterocycles. The van der Waals surface area contributed by atoms with Gasteiger partial charge in [0.05, 0.1) is 35.5 Å². The Morgan fingerprint density at radius 1 is 0.312 bits per heavy atom. The molecule has 0 spiro atoms. The van der Waals surface area contributed by atoms with E-state index in [1.807, 2.05) is 0 Å². The summed E-state index contributed by atoms with van der Waals surface area (Å²) in [5.41, 5.74) is -1.07. The summed E-state index contributed by atoms with van der Waals surface area (Å²) in [4.78, 5) is 96.7. The standard InChI is InChI=1S/C43H38F6O10.C40H38O12S/c1-25(2)39(52)56-23-54-35-13-7-29(27(5)19-35)21-37(50)58-33-15-9-31(10-16-33)41(42(44,45)46,43(47,48)49)32-11-17-34(18-12-32)59-38(51)22-30-8-14-36(20-28(30)6)55-24-57-40(53)26(3)4;1-25(2)39(43)49-23-47-33-9-7-29(27(5)19-33)21-37(41)51-31-11-15-35(16-12-31)53(45,46)36-17-13-32(14-18-36)52-38(42)22-30-8-10-34(20-28(30)6)48-24-50-40(44)26(3)4/h7-20H,1,3,21-24H2,2,4-6H3;7-20H,1,3,21-24H2,2,4-6H3. The molecule has 29 heteroatoms. The van der Waals surface area contributed by atoms with Gasteiger partial charge in [-0.15, -0.1) is 0 Å². The fourth-order valence-electron chi connectivity index (χ4n) is 10.3. The third kappa shape index (κ3) is 24.1. The quantitative estimate of drug-likeness (QED) is 0.00945. The lowest BCUT2D eigenvalue weighted by atomic mass is 9.73. The molecule has 0 radical (unpaired) electrons. The van der Waals surface area contributed by atoms with E-state index in [2.05, 4.69) is 26.3 Å². The molecular formula is C83H76F6O22S. The topological polar surface area (TPSA) is 281 Å². The number of hydrogen-bond donors (Lipinski definition) is 0. The van der Waals surface area contributed by atoms with Crippen molar-refractivity contribution in [2.75, 3.05) is 27.2 Å². The van der Waals surface area contributed by atoms with Crippen LogP contribution in [0.1, 0.15) is 83.3 Å². The van der Waals surface area contributed by atoms with Crippen LogP contribution in [0.4, 0.5) is 26.3 Å². The highest BCUT2D eigenvalue weighted by molar-refractivity contribution is 7.91. The van der Waals surface area contributed by atoms with E-state index in [0.717, 1.165) is 35.4 Å². The minimum absolute atomic E-state index is 0.0284. The van der Waals surface area contributed by atoms with Crippen molar-refractivity contribution in [3.8, 4) is 46.0 Å². The predicted octanol–water partition coefficient (Wildman–Crippen LogP) is 15.3. The van der Waals surface area contributed by atoms with Gasteiger partial charge in [0.1, 0.15) is 46.0 Å². The number of carbonyl (C=O) groups is 8. The molecule has 0 amide bonds. The number of ether oxygens (including phenoxy) is 12. The Kier molecular flexibility index (Phi) is 29.7. The monoisotopic (exact) mass is 1570 g/mol. The maximum Gasteiger partial charge on any atom is 0.411 e. The Morgan fingerprint density at radius 2 is 0.509 bits per heavy atom. The SMILES string of the molecule is C=C(C)C(=O)OCOc1ccc(CC(=O)Oc2ccc(C(c3ccc(OC(=O)Cc4ccc(OCOC(=O)C(=C)C)cc4C)cc3)(C(F)(F)F)C(F)(F)F)cc2)c(C)c1.C=C(C)C(=O)OCOc1ccc(CC(=O)Oc2ccc(S(=O)(=O)c3ccc(OC(=O)Cc4ccc(OCOC(=O)C(=C)C)cc4C)cc3)cc2)c(C)c1. The van der Waals surface area contributed by atoms with E-state index in [9.17, 15) is 73.1 Å². The molecule has 0 fully saturated rings. The predicted molar refractivity (Wildman–Crippen MR) is 392 cm³/mol. The van der Waals surface area contributed by atoms with Crippen LogP contribution in [0.25, 0.3) is 0 Å². The second-order valence-corrected chi connectivity index (χ2v) is 27.0. The fourth-order valence-corrected chi connectivity index (χ4v) is 11.5. The number of hydrogen-bond acceptors (Lipinski definition) is 22. The van der Waals surface area contributed by atoms with Gasteiger partial charge < -0.3 is 56.8 Å². The number of carbonyl (C=O) groups excluding carboxylic acids is 8. The van der Waals surface area contributed by atoms with Crippen LogP contribution in [0, 0.1) is 27.7 Å². The molecule has 112 heavy (non-hydrogen) atoms. The van der Waals surface area contributed by atoms with E-state index in [4.69, 9.17) is 56.8 Å². The molecule has 8 aromatic carbocycles. The molecule has 22 nitrogen and oxygen atoms in total. The summed E-state index contributed by atoms with van der Waals surface area (Å²) < 4.78 is 178. The molecule has 0 aliphatic rings. The maximum atomic E-state index is 14.8. The van der Waals surface area contributed by atoms with Crippen molar-refractivity contribution in [1.29, 1.82) is 0 Å². The number of halogens is 6. The van der Waals surface area contributed by atoms with E-state index in [1.54, 1.807) is 76.2 Å². The Balaban J connectivity index is 0.000000313. The Labute approximate surface area is 640 Å². The average Bonchev–Trinajstić information content (AvgIpc) is 0.716. The molecule has 0 aromatic heterocycles. The van der Waals surface area contributed by atoms with Crippen molar-refractivity contribution in [2.24, 2.45) is 0 Å². The largest absolute Gasteiger partial charge is 0.457 e. The van der Waals surface area contributed by atoms with Gasteiger partial charge in [0.15, 0.2) is 0 Å². The molecular weight excluding hydrogens is 1490 g/mol. The summed E-state index contributed by atoms with van der Waals surface area (Å²) in [5.74, 6) is -4.00. The zero-order valence-electron chi connectivity index (χ0n) is 61.8. The van der Waals surface area contributed by atoms with Gasteiger partial charge in [-0.25, -0.2) is 27.6 Å². The minimum Gasteiger partial charge on any atom is -0.457 e. The van der Waals surface area contributed by atoms with Gasteiger partial charge in [-0.2, -0.15) is 26.3 Å². The second-order valence-electron chi connectivity index (χ2n) is 25.1. The van der Waals surface area contributed by atoms with Gasteiger partial charge in [0.25, 0.3) is 0 Å². The highest BCUT2D eigenvalue weighted by atomic mass is 32.2. The van der Waals surface area contributed by atoms with Crippen molar-refractivity contribution >= 4 is 57.6 Å². The summed E-state index contributed by atoms with van der Waals surface area (Å²) >= 11 is 0.